The topological polar surface area (TPSA) is 17.1 Å². The Morgan fingerprint density at radius 3 is 2.86 bits per heavy atom. The number of ketones is 1. The van der Waals surface area contributed by atoms with Crippen LogP contribution in [0.2, 0.25) is 0 Å². The van der Waals surface area contributed by atoms with Crippen molar-refractivity contribution in [3.05, 3.63) is 34.0 Å². The van der Waals surface area contributed by atoms with E-state index >= 15 is 0 Å². The van der Waals surface area contributed by atoms with Crippen molar-refractivity contribution in [2.24, 2.45) is 0 Å². The van der Waals surface area contributed by atoms with Crippen molar-refractivity contribution in [3.63, 3.8) is 0 Å². The van der Waals surface area contributed by atoms with Gasteiger partial charge in [-0.05, 0) is 36.8 Å². The van der Waals surface area contributed by atoms with Gasteiger partial charge in [0.05, 0.1) is 0 Å². The number of allylic oxidation sites excluding steroid dienone is 2. The second-order valence-corrected chi connectivity index (χ2v) is 4.20. The average molecular weight is 208 g/mol. The number of hydrogen-bond acceptors (Lipinski definition) is 2. The first-order valence-electron chi connectivity index (χ1n) is 4.98. The zero-order valence-electron chi connectivity index (χ0n) is 8.75. The van der Waals surface area contributed by atoms with Gasteiger partial charge in [0.2, 0.25) is 0 Å². The summed E-state index contributed by atoms with van der Waals surface area (Å²) in [4.78, 5) is 12.9. The highest BCUT2D eigenvalue weighted by Gasteiger charge is 2.06. The van der Waals surface area contributed by atoms with Gasteiger partial charge >= 0.3 is 0 Å². The SMILES string of the molecule is C/C=C(/CC)C(=O)CCc1cccs1. The lowest BCUT2D eigenvalue weighted by Gasteiger charge is -2.01. The van der Waals surface area contributed by atoms with Crippen LogP contribution in [0.15, 0.2) is 29.2 Å². The molecule has 0 atom stereocenters. The Hall–Kier alpha value is -0.890. The summed E-state index contributed by atoms with van der Waals surface area (Å²) >= 11 is 1.72. The molecule has 14 heavy (non-hydrogen) atoms. The number of hydrogen-bond donors (Lipinski definition) is 0. The highest BCUT2D eigenvalue weighted by molar-refractivity contribution is 7.09. The maximum atomic E-state index is 11.6. The number of thiophene rings is 1. The summed E-state index contributed by atoms with van der Waals surface area (Å²) in [5, 5.41) is 2.05. The van der Waals surface area contributed by atoms with E-state index in [1.54, 1.807) is 11.3 Å². The highest BCUT2D eigenvalue weighted by Crippen LogP contribution is 2.13. The van der Waals surface area contributed by atoms with Crippen molar-refractivity contribution >= 4 is 17.1 Å². The second-order valence-electron chi connectivity index (χ2n) is 3.17. The number of rotatable bonds is 5. The van der Waals surface area contributed by atoms with Gasteiger partial charge in [0.1, 0.15) is 0 Å². The minimum Gasteiger partial charge on any atom is -0.295 e. The molecule has 0 amide bonds. The summed E-state index contributed by atoms with van der Waals surface area (Å²) in [6, 6.07) is 4.11. The van der Waals surface area contributed by atoms with Crippen molar-refractivity contribution < 1.29 is 4.79 Å². The van der Waals surface area contributed by atoms with Gasteiger partial charge in [-0.2, -0.15) is 0 Å². The number of carbonyl (C=O) groups is 1. The summed E-state index contributed by atoms with van der Waals surface area (Å²) in [5.74, 6) is 0.295. The van der Waals surface area contributed by atoms with Crippen LogP contribution in [0.4, 0.5) is 0 Å². The Balaban J connectivity index is 2.42. The molecule has 0 unspecified atom stereocenters. The van der Waals surface area contributed by atoms with E-state index in [9.17, 15) is 4.79 Å². The molecule has 1 heterocycles. The van der Waals surface area contributed by atoms with Crippen LogP contribution in [0.5, 0.6) is 0 Å². The van der Waals surface area contributed by atoms with Gasteiger partial charge in [0.25, 0.3) is 0 Å². The van der Waals surface area contributed by atoms with Crippen LogP contribution in [-0.2, 0) is 11.2 Å². The lowest BCUT2D eigenvalue weighted by atomic mass is 10.0. The normalized spacial score (nSPS) is 11.7. The van der Waals surface area contributed by atoms with Crippen LogP contribution in [0.25, 0.3) is 0 Å². The fraction of sp³-hybridized carbons (Fsp3) is 0.417. The third kappa shape index (κ3) is 3.11. The quantitative estimate of drug-likeness (QED) is 0.676. The molecule has 0 spiro atoms. The summed E-state index contributed by atoms with van der Waals surface area (Å²) in [7, 11) is 0. The average Bonchev–Trinajstić information content (AvgIpc) is 2.69. The summed E-state index contributed by atoms with van der Waals surface area (Å²) in [6.45, 7) is 3.96. The summed E-state index contributed by atoms with van der Waals surface area (Å²) < 4.78 is 0. The lowest BCUT2D eigenvalue weighted by Crippen LogP contribution is -2.02. The Bertz CT molecular complexity index is 309. The van der Waals surface area contributed by atoms with Crippen LogP contribution in [0.1, 0.15) is 31.6 Å². The molecular formula is C12H16OS. The first kappa shape index (κ1) is 11.2. The fourth-order valence-corrected chi connectivity index (χ4v) is 2.12. The predicted octanol–water partition coefficient (Wildman–Crippen LogP) is 3.61. The van der Waals surface area contributed by atoms with Crippen molar-refractivity contribution in [1.82, 2.24) is 0 Å². The Labute approximate surface area is 89.5 Å². The van der Waals surface area contributed by atoms with E-state index in [0.717, 1.165) is 18.4 Å². The van der Waals surface area contributed by atoms with E-state index in [1.807, 2.05) is 26.0 Å². The summed E-state index contributed by atoms with van der Waals surface area (Å²) in [6.07, 6.45) is 4.30. The zero-order valence-corrected chi connectivity index (χ0v) is 9.56. The zero-order chi connectivity index (χ0) is 10.4. The third-order valence-corrected chi connectivity index (χ3v) is 3.20. The minimum absolute atomic E-state index is 0.295. The maximum absolute atomic E-state index is 11.6. The van der Waals surface area contributed by atoms with E-state index in [0.29, 0.717) is 12.2 Å². The molecule has 0 aliphatic heterocycles. The van der Waals surface area contributed by atoms with Gasteiger partial charge < -0.3 is 0 Å². The van der Waals surface area contributed by atoms with Gasteiger partial charge in [-0.3, -0.25) is 4.79 Å². The molecule has 1 nitrogen and oxygen atoms in total. The molecule has 1 aromatic rings. The molecule has 0 saturated heterocycles. The molecule has 0 aromatic carbocycles. The monoisotopic (exact) mass is 208 g/mol. The van der Waals surface area contributed by atoms with Crippen molar-refractivity contribution in [1.29, 1.82) is 0 Å². The molecule has 0 N–H and O–H groups in total. The van der Waals surface area contributed by atoms with Crippen LogP contribution in [0.3, 0.4) is 0 Å². The van der Waals surface area contributed by atoms with E-state index in [2.05, 4.69) is 11.4 Å². The van der Waals surface area contributed by atoms with E-state index in [-0.39, 0.29) is 0 Å². The van der Waals surface area contributed by atoms with Crippen molar-refractivity contribution in [2.45, 2.75) is 33.1 Å². The van der Waals surface area contributed by atoms with Gasteiger partial charge in [0.15, 0.2) is 5.78 Å². The minimum atomic E-state index is 0.295. The first-order valence-corrected chi connectivity index (χ1v) is 5.86. The molecule has 1 rings (SSSR count). The van der Waals surface area contributed by atoms with Gasteiger partial charge in [0, 0.05) is 11.3 Å². The lowest BCUT2D eigenvalue weighted by molar-refractivity contribution is -0.115. The van der Waals surface area contributed by atoms with E-state index in [4.69, 9.17) is 0 Å². The second kappa shape index (κ2) is 5.76. The first-order chi connectivity index (χ1) is 6.77. The fourth-order valence-electron chi connectivity index (χ4n) is 1.41. The maximum Gasteiger partial charge on any atom is 0.158 e. The van der Waals surface area contributed by atoms with Crippen LogP contribution in [-0.4, -0.2) is 5.78 Å². The molecule has 0 aliphatic rings. The van der Waals surface area contributed by atoms with Gasteiger partial charge in [-0.1, -0.05) is 19.1 Å². The third-order valence-electron chi connectivity index (χ3n) is 2.27. The van der Waals surface area contributed by atoms with Gasteiger partial charge in [-0.25, -0.2) is 0 Å². The number of aryl methyl sites for hydroxylation is 1. The van der Waals surface area contributed by atoms with E-state index < -0.39 is 0 Å². The molecule has 0 fully saturated rings. The number of carbonyl (C=O) groups excluding carboxylic acids is 1. The van der Waals surface area contributed by atoms with Crippen LogP contribution >= 0.6 is 11.3 Å². The molecule has 0 radical (unpaired) electrons. The Kier molecular flexibility index (Phi) is 4.60. The Morgan fingerprint density at radius 2 is 2.36 bits per heavy atom. The molecule has 1 aromatic heterocycles. The number of Topliss-reactive ketones (excluding diaryl/α,β-unsaturated/α-hetero) is 1. The molecule has 0 aliphatic carbocycles. The van der Waals surface area contributed by atoms with Crippen molar-refractivity contribution in [3.8, 4) is 0 Å². The molecule has 0 saturated carbocycles. The van der Waals surface area contributed by atoms with Crippen molar-refractivity contribution in [2.75, 3.05) is 0 Å². The molecule has 76 valence electrons. The summed E-state index contributed by atoms with van der Waals surface area (Å²) in [5.41, 5.74) is 0.960. The van der Waals surface area contributed by atoms with Gasteiger partial charge in [-0.15, -0.1) is 11.3 Å². The molecular weight excluding hydrogens is 192 g/mol. The molecule has 2 heteroatoms. The van der Waals surface area contributed by atoms with Crippen LogP contribution < -0.4 is 0 Å². The van der Waals surface area contributed by atoms with E-state index in [1.165, 1.54) is 4.88 Å². The largest absolute Gasteiger partial charge is 0.295 e. The molecule has 0 bridgehead atoms. The highest BCUT2D eigenvalue weighted by atomic mass is 32.1. The standard InChI is InChI=1S/C12H16OS/c1-3-10(4-2)12(13)8-7-11-6-5-9-14-11/h3,5-6,9H,4,7-8H2,1-2H3/b10-3-. The predicted molar refractivity (Wildman–Crippen MR) is 61.7 cm³/mol. The van der Waals surface area contributed by atoms with Crippen LogP contribution in [0, 0.1) is 0 Å². The Morgan fingerprint density at radius 1 is 1.57 bits per heavy atom. The smallest absolute Gasteiger partial charge is 0.158 e.